The molecule has 19 heavy (non-hydrogen) atoms. The lowest BCUT2D eigenvalue weighted by atomic mass is 9.93. The van der Waals surface area contributed by atoms with Crippen LogP contribution in [0.4, 0.5) is 4.79 Å². The van der Waals surface area contributed by atoms with Gasteiger partial charge in [-0.1, -0.05) is 11.8 Å². The number of carbonyl (C=O) groups is 1. The van der Waals surface area contributed by atoms with Crippen molar-refractivity contribution in [3.8, 4) is 11.8 Å². The molecule has 0 saturated heterocycles. The van der Waals surface area contributed by atoms with Gasteiger partial charge in [-0.15, -0.1) is 11.3 Å². The highest BCUT2D eigenvalue weighted by molar-refractivity contribution is 7.10. The number of rotatable bonds is 3. The second-order valence-corrected chi connectivity index (χ2v) is 5.67. The Morgan fingerprint density at radius 1 is 1.63 bits per heavy atom. The maximum Gasteiger partial charge on any atom is 0.317 e. The van der Waals surface area contributed by atoms with E-state index in [2.05, 4.69) is 17.2 Å². The van der Waals surface area contributed by atoms with Gasteiger partial charge in [-0.2, -0.15) is 0 Å². The molecule has 0 radical (unpaired) electrons. The molecule has 1 heterocycles. The predicted molar refractivity (Wildman–Crippen MR) is 77.9 cm³/mol. The van der Waals surface area contributed by atoms with Crippen LogP contribution in [0.5, 0.6) is 0 Å². The number of nitrogens with zero attached hydrogens (tertiary/aromatic N) is 1. The summed E-state index contributed by atoms with van der Waals surface area (Å²) in [5, 5.41) is 5.06. The van der Waals surface area contributed by atoms with Crippen molar-refractivity contribution in [1.82, 2.24) is 10.2 Å². The molecule has 1 aliphatic carbocycles. The highest BCUT2D eigenvalue weighted by Gasteiger charge is 2.21. The molecule has 1 aromatic heterocycles. The highest BCUT2D eigenvalue weighted by Crippen LogP contribution is 2.19. The van der Waals surface area contributed by atoms with E-state index in [4.69, 9.17) is 5.73 Å². The molecule has 0 atom stereocenters. The summed E-state index contributed by atoms with van der Waals surface area (Å²) in [4.78, 5) is 14.6. The summed E-state index contributed by atoms with van der Waals surface area (Å²) in [6.45, 7) is 0.982. The third-order valence-electron chi connectivity index (χ3n) is 3.17. The first-order chi connectivity index (χ1) is 9.19. The molecule has 0 aromatic carbocycles. The molecule has 0 bridgehead atoms. The summed E-state index contributed by atoms with van der Waals surface area (Å²) in [5.74, 6) is 5.83. The van der Waals surface area contributed by atoms with Crippen LogP contribution < -0.4 is 11.1 Å². The van der Waals surface area contributed by atoms with E-state index in [1.54, 1.807) is 16.2 Å². The molecule has 102 valence electrons. The number of urea groups is 1. The zero-order chi connectivity index (χ0) is 13.7. The maximum atomic E-state index is 11.9. The monoisotopic (exact) mass is 277 g/mol. The van der Waals surface area contributed by atoms with Crippen molar-refractivity contribution < 1.29 is 4.79 Å². The van der Waals surface area contributed by atoms with Gasteiger partial charge in [-0.3, -0.25) is 0 Å². The maximum absolute atomic E-state index is 11.9. The minimum atomic E-state index is 0.00509. The van der Waals surface area contributed by atoms with Crippen molar-refractivity contribution in [2.45, 2.75) is 31.8 Å². The van der Waals surface area contributed by atoms with Crippen LogP contribution in [-0.4, -0.2) is 30.6 Å². The van der Waals surface area contributed by atoms with Crippen LogP contribution in [0.25, 0.3) is 0 Å². The Labute approximate surface area is 118 Å². The Hall–Kier alpha value is -1.51. The van der Waals surface area contributed by atoms with E-state index < -0.39 is 0 Å². The van der Waals surface area contributed by atoms with Gasteiger partial charge in [0.05, 0.1) is 11.4 Å². The van der Waals surface area contributed by atoms with Crippen LogP contribution in [0.3, 0.4) is 0 Å². The fraction of sp³-hybridized carbons (Fsp3) is 0.500. The third-order valence-corrected chi connectivity index (χ3v) is 4.06. The minimum Gasteiger partial charge on any atom is -0.335 e. The third kappa shape index (κ3) is 3.98. The van der Waals surface area contributed by atoms with Crippen molar-refractivity contribution in [2.24, 2.45) is 5.73 Å². The Balaban J connectivity index is 1.85. The van der Waals surface area contributed by atoms with E-state index in [9.17, 15) is 4.79 Å². The van der Waals surface area contributed by atoms with E-state index in [0.29, 0.717) is 19.1 Å². The fourth-order valence-electron chi connectivity index (χ4n) is 1.85. The molecule has 2 amide bonds. The van der Waals surface area contributed by atoms with E-state index in [0.717, 1.165) is 23.3 Å². The number of amides is 2. The molecule has 1 saturated carbocycles. The molecule has 2 rings (SSSR count). The topological polar surface area (TPSA) is 58.4 Å². The number of carbonyl (C=O) groups excluding carboxylic acids is 1. The summed E-state index contributed by atoms with van der Waals surface area (Å²) in [6, 6.07) is 2.40. The van der Waals surface area contributed by atoms with Gasteiger partial charge in [0.15, 0.2) is 0 Å². The zero-order valence-corrected chi connectivity index (χ0v) is 11.9. The van der Waals surface area contributed by atoms with Crippen molar-refractivity contribution in [1.29, 1.82) is 0 Å². The van der Waals surface area contributed by atoms with Gasteiger partial charge in [0, 0.05) is 19.6 Å². The lowest BCUT2D eigenvalue weighted by Gasteiger charge is -2.29. The molecule has 0 spiro atoms. The summed E-state index contributed by atoms with van der Waals surface area (Å²) in [6.07, 6.45) is 3.44. The molecule has 5 heteroatoms. The SMILES string of the molecule is CN(Cc1csc(C#CCN)c1)C(=O)NC1CCC1. The molecular weight excluding hydrogens is 258 g/mol. The first-order valence-electron chi connectivity index (χ1n) is 6.47. The van der Waals surface area contributed by atoms with Crippen LogP contribution in [0, 0.1) is 11.8 Å². The average Bonchev–Trinajstić information content (AvgIpc) is 2.78. The van der Waals surface area contributed by atoms with Crippen LogP contribution in [0.15, 0.2) is 11.4 Å². The Morgan fingerprint density at radius 2 is 2.42 bits per heavy atom. The standard InChI is InChI=1S/C14H19N3OS/c1-17(14(18)16-12-4-2-5-12)9-11-8-13(19-10-11)6-3-7-15/h8,10,12H,2,4-5,7,9,15H2,1H3,(H,16,18). The molecule has 1 aliphatic rings. The zero-order valence-electron chi connectivity index (χ0n) is 11.1. The molecule has 1 aromatic rings. The summed E-state index contributed by atoms with van der Waals surface area (Å²) in [5.41, 5.74) is 6.45. The normalized spacial score (nSPS) is 14.2. The molecule has 3 N–H and O–H groups in total. The van der Waals surface area contributed by atoms with Gasteiger partial charge in [-0.25, -0.2) is 4.79 Å². The smallest absolute Gasteiger partial charge is 0.317 e. The fourth-order valence-corrected chi connectivity index (χ4v) is 2.62. The van der Waals surface area contributed by atoms with Crippen LogP contribution >= 0.6 is 11.3 Å². The van der Waals surface area contributed by atoms with E-state index in [1.165, 1.54) is 6.42 Å². The van der Waals surface area contributed by atoms with E-state index >= 15 is 0 Å². The van der Waals surface area contributed by atoms with Gasteiger partial charge in [-0.05, 0) is 36.3 Å². The second kappa shape index (κ2) is 6.60. The largest absolute Gasteiger partial charge is 0.335 e. The highest BCUT2D eigenvalue weighted by atomic mass is 32.1. The molecular formula is C14H19N3OS. The van der Waals surface area contributed by atoms with E-state index in [-0.39, 0.29) is 6.03 Å². The minimum absolute atomic E-state index is 0.00509. The molecule has 1 fully saturated rings. The molecule has 0 aliphatic heterocycles. The summed E-state index contributed by atoms with van der Waals surface area (Å²) >= 11 is 1.59. The van der Waals surface area contributed by atoms with Crippen molar-refractivity contribution in [2.75, 3.05) is 13.6 Å². The first kappa shape index (κ1) is 13.9. The first-order valence-corrected chi connectivity index (χ1v) is 7.35. The van der Waals surface area contributed by atoms with Gasteiger partial charge < -0.3 is 16.0 Å². The molecule has 0 unspecified atom stereocenters. The summed E-state index contributed by atoms with van der Waals surface area (Å²) < 4.78 is 0. The number of thiophene rings is 1. The van der Waals surface area contributed by atoms with Crippen molar-refractivity contribution in [3.63, 3.8) is 0 Å². The summed E-state index contributed by atoms with van der Waals surface area (Å²) in [7, 11) is 1.82. The van der Waals surface area contributed by atoms with Gasteiger partial charge >= 0.3 is 6.03 Å². The second-order valence-electron chi connectivity index (χ2n) is 4.76. The van der Waals surface area contributed by atoms with Gasteiger partial charge in [0.2, 0.25) is 0 Å². The predicted octanol–water partition coefficient (Wildman–Crippen LogP) is 1.75. The Kier molecular flexibility index (Phi) is 4.83. The quantitative estimate of drug-likeness (QED) is 0.827. The lowest BCUT2D eigenvalue weighted by molar-refractivity contribution is 0.195. The van der Waals surface area contributed by atoms with Gasteiger partial charge in [0.25, 0.3) is 0 Å². The average molecular weight is 277 g/mol. The van der Waals surface area contributed by atoms with Crippen molar-refractivity contribution in [3.05, 3.63) is 21.9 Å². The van der Waals surface area contributed by atoms with E-state index in [1.807, 2.05) is 18.5 Å². The number of hydrogen-bond acceptors (Lipinski definition) is 3. The molecule has 4 nitrogen and oxygen atoms in total. The number of nitrogens with two attached hydrogens (primary N) is 1. The van der Waals surface area contributed by atoms with Crippen LogP contribution in [-0.2, 0) is 6.54 Å². The number of nitrogens with one attached hydrogen (secondary N) is 1. The number of hydrogen-bond donors (Lipinski definition) is 2. The Morgan fingerprint density at radius 3 is 3.05 bits per heavy atom. The van der Waals surface area contributed by atoms with Gasteiger partial charge in [0.1, 0.15) is 0 Å². The van der Waals surface area contributed by atoms with Crippen molar-refractivity contribution >= 4 is 17.4 Å². The lowest BCUT2D eigenvalue weighted by Crippen LogP contribution is -2.45. The van der Waals surface area contributed by atoms with Crippen LogP contribution in [0.1, 0.15) is 29.7 Å². The van der Waals surface area contributed by atoms with Crippen LogP contribution in [0.2, 0.25) is 0 Å². The Bertz CT molecular complexity index is 496.